The number of anilines is 1. The average Bonchev–Trinajstić information content (AvgIpc) is 2.22. The Labute approximate surface area is 88.2 Å². The van der Waals surface area contributed by atoms with E-state index in [2.05, 4.69) is 11.9 Å². The van der Waals surface area contributed by atoms with Crippen molar-refractivity contribution in [3.8, 4) is 5.75 Å². The van der Waals surface area contributed by atoms with Gasteiger partial charge in [0.25, 0.3) is 0 Å². The van der Waals surface area contributed by atoms with E-state index in [-0.39, 0.29) is 18.3 Å². The Hall–Kier alpha value is -1.81. The molecule has 0 spiro atoms. The SMILES string of the molecule is C=CCOCC(=O)Nc1ccccc1O. The maximum atomic E-state index is 11.3. The zero-order valence-corrected chi connectivity index (χ0v) is 8.27. The number of hydrogen-bond acceptors (Lipinski definition) is 3. The van der Waals surface area contributed by atoms with Gasteiger partial charge in [0.1, 0.15) is 12.4 Å². The predicted octanol–water partition coefficient (Wildman–Crippen LogP) is 1.53. The number of amides is 1. The van der Waals surface area contributed by atoms with Gasteiger partial charge in [-0.2, -0.15) is 0 Å². The third kappa shape index (κ3) is 3.83. The van der Waals surface area contributed by atoms with E-state index in [1.165, 1.54) is 6.07 Å². The van der Waals surface area contributed by atoms with E-state index in [0.717, 1.165) is 0 Å². The quantitative estimate of drug-likeness (QED) is 0.437. The van der Waals surface area contributed by atoms with E-state index in [9.17, 15) is 9.90 Å². The third-order valence-corrected chi connectivity index (χ3v) is 1.65. The number of hydrogen-bond donors (Lipinski definition) is 2. The number of carbonyl (C=O) groups excluding carboxylic acids is 1. The van der Waals surface area contributed by atoms with Gasteiger partial charge in [0.15, 0.2) is 0 Å². The maximum absolute atomic E-state index is 11.3. The molecule has 1 aromatic rings. The van der Waals surface area contributed by atoms with Crippen LogP contribution in [0.4, 0.5) is 5.69 Å². The Balaban J connectivity index is 2.44. The minimum atomic E-state index is -0.307. The lowest BCUT2D eigenvalue weighted by Crippen LogP contribution is -2.18. The molecule has 1 rings (SSSR count). The van der Waals surface area contributed by atoms with E-state index < -0.39 is 0 Å². The van der Waals surface area contributed by atoms with Crippen LogP contribution in [0.3, 0.4) is 0 Å². The van der Waals surface area contributed by atoms with E-state index in [4.69, 9.17) is 4.74 Å². The van der Waals surface area contributed by atoms with E-state index >= 15 is 0 Å². The first kappa shape index (κ1) is 11.3. The summed E-state index contributed by atoms with van der Waals surface area (Å²) in [6.45, 7) is 3.73. The summed E-state index contributed by atoms with van der Waals surface area (Å²) in [6, 6.07) is 6.51. The first-order valence-electron chi connectivity index (χ1n) is 4.50. The molecular formula is C11H13NO3. The van der Waals surface area contributed by atoms with Crippen LogP contribution in [0, 0.1) is 0 Å². The lowest BCUT2D eigenvalue weighted by Gasteiger charge is -2.06. The van der Waals surface area contributed by atoms with Crippen LogP contribution in [0.25, 0.3) is 0 Å². The number of carbonyl (C=O) groups is 1. The lowest BCUT2D eigenvalue weighted by atomic mass is 10.3. The first-order valence-corrected chi connectivity index (χ1v) is 4.50. The second-order valence-electron chi connectivity index (χ2n) is 2.87. The van der Waals surface area contributed by atoms with Crippen LogP contribution in [0.2, 0.25) is 0 Å². The highest BCUT2D eigenvalue weighted by Crippen LogP contribution is 2.21. The molecule has 0 saturated carbocycles. The zero-order chi connectivity index (χ0) is 11.1. The van der Waals surface area contributed by atoms with Crippen molar-refractivity contribution in [1.82, 2.24) is 0 Å². The summed E-state index contributed by atoms with van der Waals surface area (Å²) in [4.78, 5) is 11.3. The Morgan fingerprint density at radius 1 is 1.53 bits per heavy atom. The summed E-state index contributed by atoms with van der Waals surface area (Å²) in [5.74, 6) is -0.270. The van der Waals surface area contributed by atoms with Gasteiger partial charge in [-0.1, -0.05) is 18.2 Å². The van der Waals surface area contributed by atoms with Crippen LogP contribution in [0.15, 0.2) is 36.9 Å². The molecule has 0 aliphatic carbocycles. The Kier molecular flexibility index (Phi) is 4.37. The van der Waals surface area contributed by atoms with Crippen LogP contribution in [0.5, 0.6) is 5.75 Å². The topological polar surface area (TPSA) is 58.6 Å². The van der Waals surface area contributed by atoms with Crippen LogP contribution >= 0.6 is 0 Å². The van der Waals surface area contributed by atoms with E-state index in [0.29, 0.717) is 12.3 Å². The van der Waals surface area contributed by atoms with Crippen molar-refractivity contribution in [2.75, 3.05) is 18.5 Å². The molecule has 0 heterocycles. The highest BCUT2D eigenvalue weighted by molar-refractivity contribution is 5.93. The minimum absolute atomic E-state index is 0.0366. The standard InChI is InChI=1S/C11H13NO3/c1-2-7-15-8-11(14)12-9-5-3-4-6-10(9)13/h2-6,13H,1,7-8H2,(H,12,14). The molecular weight excluding hydrogens is 194 g/mol. The summed E-state index contributed by atoms with van der Waals surface area (Å²) < 4.78 is 4.94. The van der Waals surface area contributed by atoms with E-state index in [1.807, 2.05) is 0 Å². The van der Waals surface area contributed by atoms with Crippen LogP contribution in [-0.2, 0) is 9.53 Å². The number of phenols is 1. The number of ether oxygens (including phenoxy) is 1. The van der Waals surface area contributed by atoms with Crippen molar-refractivity contribution < 1.29 is 14.6 Å². The van der Waals surface area contributed by atoms with Gasteiger partial charge in [-0.3, -0.25) is 4.79 Å². The average molecular weight is 207 g/mol. The van der Waals surface area contributed by atoms with Crippen LogP contribution < -0.4 is 5.32 Å². The monoisotopic (exact) mass is 207 g/mol. The van der Waals surface area contributed by atoms with Crippen LogP contribution in [0.1, 0.15) is 0 Å². The van der Waals surface area contributed by atoms with E-state index in [1.54, 1.807) is 24.3 Å². The second-order valence-corrected chi connectivity index (χ2v) is 2.87. The van der Waals surface area contributed by atoms with Gasteiger partial charge < -0.3 is 15.2 Å². The van der Waals surface area contributed by atoms with Crippen molar-refractivity contribution in [3.05, 3.63) is 36.9 Å². The van der Waals surface area contributed by atoms with Gasteiger partial charge in [0.05, 0.1) is 12.3 Å². The van der Waals surface area contributed by atoms with Crippen molar-refractivity contribution in [2.45, 2.75) is 0 Å². The summed E-state index contributed by atoms with van der Waals surface area (Å²) in [5.41, 5.74) is 0.379. The molecule has 0 aliphatic rings. The van der Waals surface area contributed by atoms with Gasteiger partial charge >= 0.3 is 0 Å². The molecule has 1 aromatic carbocycles. The molecule has 0 unspecified atom stereocenters. The number of para-hydroxylation sites is 2. The summed E-state index contributed by atoms with van der Waals surface area (Å²) >= 11 is 0. The molecule has 2 N–H and O–H groups in total. The summed E-state index contributed by atoms with van der Waals surface area (Å²) in [6.07, 6.45) is 1.56. The van der Waals surface area contributed by atoms with Gasteiger partial charge in [-0.25, -0.2) is 0 Å². The Bertz CT molecular complexity index is 349. The molecule has 0 radical (unpaired) electrons. The van der Waals surface area contributed by atoms with Crippen molar-refractivity contribution in [3.63, 3.8) is 0 Å². The van der Waals surface area contributed by atoms with Crippen molar-refractivity contribution >= 4 is 11.6 Å². The molecule has 4 heteroatoms. The number of aromatic hydroxyl groups is 1. The lowest BCUT2D eigenvalue weighted by molar-refractivity contribution is -0.120. The predicted molar refractivity (Wildman–Crippen MR) is 57.8 cm³/mol. The molecule has 80 valence electrons. The fourth-order valence-corrected chi connectivity index (χ4v) is 1.00. The molecule has 1 amide bonds. The fraction of sp³-hybridized carbons (Fsp3) is 0.182. The zero-order valence-electron chi connectivity index (χ0n) is 8.27. The van der Waals surface area contributed by atoms with Crippen LogP contribution in [-0.4, -0.2) is 24.2 Å². The van der Waals surface area contributed by atoms with Gasteiger partial charge in [0, 0.05) is 0 Å². The maximum Gasteiger partial charge on any atom is 0.250 e. The summed E-state index contributed by atoms with van der Waals surface area (Å²) in [5, 5.41) is 11.9. The van der Waals surface area contributed by atoms with Crippen molar-refractivity contribution in [2.24, 2.45) is 0 Å². The third-order valence-electron chi connectivity index (χ3n) is 1.65. The Morgan fingerprint density at radius 3 is 2.93 bits per heavy atom. The van der Waals surface area contributed by atoms with Gasteiger partial charge in [0.2, 0.25) is 5.91 Å². The largest absolute Gasteiger partial charge is 0.506 e. The summed E-state index contributed by atoms with van der Waals surface area (Å²) in [7, 11) is 0. The highest BCUT2D eigenvalue weighted by atomic mass is 16.5. The number of nitrogens with one attached hydrogen (secondary N) is 1. The number of rotatable bonds is 5. The first-order chi connectivity index (χ1) is 7.24. The second kappa shape index (κ2) is 5.82. The molecule has 0 bridgehead atoms. The van der Waals surface area contributed by atoms with Crippen molar-refractivity contribution in [1.29, 1.82) is 0 Å². The molecule has 15 heavy (non-hydrogen) atoms. The normalized spacial score (nSPS) is 9.60. The molecule has 0 aliphatic heterocycles. The molecule has 0 atom stereocenters. The highest BCUT2D eigenvalue weighted by Gasteiger charge is 2.04. The molecule has 0 aromatic heterocycles. The smallest absolute Gasteiger partial charge is 0.250 e. The Morgan fingerprint density at radius 2 is 2.27 bits per heavy atom. The number of phenolic OH excluding ortho intramolecular Hbond substituents is 1. The minimum Gasteiger partial charge on any atom is -0.506 e. The van der Waals surface area contributed by atoms with Gasteiger partial charge in [-0.05, 0) is 12.1 Å². The molecule has 0 fully saturated rings. The van der Waals surface area contributed by atoms with Gasteiger partial charge in [-0.15, -0.1) is 6.58 Å². The number of benzene rings is 1. The molecule has 0 saturated heterocycles. The fourth-order valence-electron chi connectivity index (χ4n) is 1.00. The molecule has 4 nitrogen and oxygen atoms in total.